The minimum Gasteiger partial charge on any atom is -0.368 e. The fraction of sp³-hybridized carbons (Fsp3) is 0.667. The zero-order valence-electron chi connectivity index (χ0n) is 18.8. The molecule has 1 aromatic rings. The lowest BCUT2D eigenvalue weighted by atomic mass is 10.1. The molecule has 1 N–H and O–H groups in total. The minimum atomic E-state index is -0.212. The van der Waals surface area contributed by atoms with E-state index >= 15 is 0 Å². The second kappa shape index (κ2) is 11.0. The first-order valence-corrected chi connectivity index (χ1v) is 11.8. The van der Waals surface area contributed by atoms with Crippen molar-refractivity contribution in [3.63, 3.8) is 0 Å². The van der Waals surface area contributed by atoms with Crippen LogP contribution in [0, 0.1) is 5.92 Å². The molecule has 0 spiro atoms. The molecule has 3 fully saturated rings. The fourth-order valence-electron chi connectivity index (χ4n) is 4.90. The summed E-state index contributed by atoms with van der Waals surface area (Å²) in [4.78, 5) is 23.9. The Hall–Kier alpha value is -2.12. The van der Waals surface area contributed by atoms with Gasteiger partial charge in [0.25, 0.3) is 5.91 Å². The Morgan fingerprint density at radius 3 is 2.58 bits per heavy atom. The van der Waals surface area contributed by atoms with Crippen LogP contribution in [0.1, 0.15) is 24.8 Å². The first-order chi connectivity index (χ1) is 15.2. The number of aliphatic imine (C=N–C) groups is 1. The lowest BCUT2D eigenvalue weighted by Crippen LogP contribution is -2.55. The summed E-state index contributed by atoms with van der Waals surface area (Å²) in [5.41, 5.74) is 1.42. The molecule has 31 heavy (non-hydrogen) atoms. The molecule has 2 atom stereocenters. The van der Waals surface area contributed by atoms with E-state index in [0.717, 1.165) is 77.6 Å². The number of likely N-dealkylation sites (tertiary alicyclic amines) is 1. The Balaban J connectivity index is 1.16. The van der Waals surface area contributed by atoms with Crippen LogP contribution in [-0.2, 0) is 16.0 Å². The third-order valence-corrected chi connectivity index (χ3v) is 6.79. The quantitative estimate of drug-likeness (QED) is 0.550. The van der Waals surface area contributed by atoms with Crippen molar-refractivity contribution in [1.29, 1.82) is 0 Å². The molecule has 3 aliphatic rings. The summed E-state index contributed by atoms with van der Waals surface area (Å²) in [6.07, 6.45) is 4.01. The third kappa shape index (κ3) is 5.98. The van der Waals surface area contributed by atoms with E-state index in [1.165, 1.54) is 18.5 Å². The Kier molecular flexibility index (Phi) is 7.81. The average molecular weight is 428 g/mol. The maximum absolute atomic E-state index is 12.6. The van der Waals surface area contributed by atoms with Crippen LogP contribution in [0.25, 0.3) is 0 Å². The predicted octanol–water partition coefficient (Wildman–Crippen LogP) is 1.45. The van der Waals surface area contributed by atoms with Crippen molar-refractivity contribution >= 4 is 11.9 Å². The Morgan fingerprint density at radius 1 is 1.10 bits per heavy atom. The average Bonchev–Trinajstić information content (AvgIpc) is 3.51. The van der Waals surface area contributed by atoms with E-state index in [2.05, 4.69) is 50.4 Å². The molecule has 170 valence electrons. The molecule has 1 amide bonds. The van der Waals surface area contributed by atoms with Gasteiger partial charge in [0.15, 0.2) is 5.96 Å². The van der Waals surface area contributed by atoms with Gasteiger partial charge in [-0.2, -0.15) is 0 Å². The second-order valence-corrected chi connectivity index (χ2v) is 8.93. The van der Waals surface area contributed by atoms with E-state index in [1.807, 2.05) is 11.9 Å². The van der Waals surface area contributed by atoms with E-state index in [-0.39, 0.29) is 12.0 Å². The minimum absolute atomic E-state index is 0.168. The van der Waals surface area contributed by atoms with Crippen molar-refractivity contribution < 1.29 is 9.53 Å². The normalized spacial score (nSPS) is 25.3. The summed E-state index contributed by atoms with van der Waals surface area (Å²) in [5.74, 6) is 1.79. The molecule has 1 aromatic carbocycles. The SMILES string of the molecule is CN=C(NCC1CCN(CCc2ccccc2)C1)N1CCN(C(=O)C2CCCO2)CC1. The number of guanidine groups is 1. The van der Waals surface area contributed by atoms with Gasteiger partial charge in [-0.1, -0.05) is 30.3 Å². The molecule has 7 heteroatoms. The number of carbonyl (C=O) groups excluding carboxylic acids is 1. The standard InChI is InChI=1S/C24H37N5O2/c1-25-24(29-15-13-28(14-16-29)23(30)22-8-5-17-31-22)26-18-21-10-12-27(19-21)11-9-20-6-3-2-4-7-20/h2-4,6-7,21-22H,5,8-19H2,1H3,(H,25,26). The lowest BCUT2D eigenvalue weighted by molar-refractivity contribution is -0.142. The fourth-order valence-corrected chi connectivity index (χ4v) is 4.90. The molecule has 0 saturated carbocycles. The van der Waals surface area contributed by atoms with Gasteiger partial charge in [0, 0.05) is 59.5 Å². The highest BCUT2D eigenvalue weighted by molar-refractivity contribution is 5.82. The number of hydrogen-bond acceptors (Lipinski definition) is 4. The number of nitrogens with zero attached hydrogens (tertiary/aromatic N) is 4. The van der Waals surface area contributed by atoms with Crippen molar-refractivity contribution in [3.05, 3.63) is 35.9 Å². The molecule has 2 unspecified atom stereocenters. The number of ether oxygens (including phenoxy) is 1. The van der Waals surface area contributed by atoms with Crippen LogP contribution in [0.5, 0.6) is 0 Å². The smallest absolute Gasteiger partial charge is 0.251 e. The highest BCUT2D eigenvalue weighted by atomic mass is 16.5. The van der Waals surface area contributed by atoms with Crippen LogP contribution in [0.15, 0.2) is 35.3 Å². The number of piperazine rings is 1. The van der Waals surface area contributed by atoms with E-state index in [4.69, 9.17) is 4.74 Å². The molecule has 4 rings (SSSR count). The monoisotopic (exact) mass is 427 g/mol. The van der Waals surface area contributed by atoms with Gasteiger partial charge >= 0.3 is 0 Å². The molecule has 0 aromatic heterocycles. The number of amides is 1. The van der Waals surface area contributed by atoms with Crippen molar-refractivity contribution in [2.45, 2.75) is 31.8 Å². The van der Waals surface area contributed by atoms with Gasteiger partial charge in [-0.3, -0.25) is 9.79 Å². The highest BCUT2D eigenvalue weighted by Gasteiger charge is 2.31. The first-order valence-electron chi connectivity index (χ1n) is 11.8. The summed E-state index contributed by atoms with van der Waals surface area (Å²) >= 11 is 0. The molecule has 0 aliphatic carbocycles. The Morgan fingerprint density at radius 2 is 1.87 bits per heavy atom. The van der Waals surface area contributed by atoms with E-state index in [1.54, 1.807) is 0 Å². The maximum atomic E-state index is 12.6. The number of carbonyl (C=O) groups is 1. The van der Waals surface area contributed by atoms with Crippen molar-refractivity contribution in [3.8, 4) is 0 Å². The summed E-state index contributed by atoms with van der Waals surface area (Å²) in [7, 11) is 1.85. The third-order valence-electron chi connectivity index (χ3n) is 6.79. The van der Waals surface area contributed by atoms with Gasteiger partial charge in [0.1, 0.15) is 6.10 Å². The number of nitrogens with one attached hydrogen (secondary N) is 1. The predicted molar refractivity (Wildman–Crippen MR) is 123 cm³/mol. The van der Waals surface area contributed by atoms with Crippen LogP contribution in [0.2, 0.25) is 0 Å². The molecule has 0 radical (unpaired) electrons. The number of benzene rings is 1. The molecule has 0 bridgehead atoms. The summed E-state index contributed by atoms with van der Waals surface area (Å²) < 4.78 is 5.57. The maximum Gasteiger partial charge on any atom is 0.251 e. The second-order valence-electron chi connectivity index (χ2n) is 8.93. The van der Waals surface area contributed by atoms with Gasteiger partial charge in [-0.15, -0.1) is 0 Å². The number of hydrogen-bond donors (Lipinski definition) is 1. The summed E-state index contributed by atoms with van der Waals surface area (Å²) in [6, 6.07) is 10.8. The van der Waals surface area contributed by atoms with Gasteiger partial charge in [-0.25, -0.2) is 0 Å². The van der Waals surface area contributed by atoms with Crippen molar-refractivity contribution in [1.82, 2.24) is 20.0 Å². The largest absolute Gasteiger partial charge is 0.368 e. The van der Waals surface area contributed by atoms with E-state index in [9.17, 15) is 4.79 Å². The zero-order chi connectivity index (χ0) is 21.5. The Bertz CT molecular complexity index is 727. The molecule has 3 saturated heterocycles. The van der Waals surface area contributed by atoms with Crippen LogP contribution in [-0.4, -0.2) is 98.7 Å². The van der Waals surface area contributed by atoms with Gasteiger partial charge < -0.3 is 24.8 Å². The van der Waals surface area contributed by atoms with E-state index < -0.39 is 0 Å². The van der Waals surface area contributed by atoms with Gasteiger partial charge in [0.2, 0.25) is 0 Å². The van der Waals surface area contributed by atoms with Crippen LogP contribution in [0.4, 0.5) is 0 Å². The molecular formula is C24H37N5O2. The molecular weight excluding hydrogens is 390 g/mol. The van der Waals surface area contributed by atoms with Crippen LogP contribution >= 0.6 is 0 Å². The molecule has 3 heterocycles. The van der Waals surface area contributed by atoms with Crippen molar-refractivity contribution in [2.75, 3.05) is 66.0 Å². The highest BCUT2D eigenvalue weighted by Crippen LogP contribution is 2.17. The van der Waals surface area contributed by atoms with Crippen LogP contribution < -0.4 is 5.32 Å². The summed E-state index contributed by atoms with van der Waals surface area (Å²) in [6.45, 7) is 8.30. The first kappa shape index (κ1) is 22.1. The Labute approximate surface area is 186 Å². The number of rotatable bonds is 6. The summed E-state index contributed by atoms with van der Waals surface area (Å²) in [5, 5.41) is 3.60. The van der Waals surface area contributed by atoms with E-state index in [0.29, 0.717) is 5.92 Å². The lowest BCUT2D eigenvalue weighted by Gasteiger charge is -2.37. The zero-order valence-corrected chi connectivity index (χ0v) is 18.8. The van der Waals surface area contributed by atoms with Crippen LogP contribution in [0.3, 0.4) is 0 Å². The van der Waals surface area contributed by atoms with Crippen molar-refractivity contribution in [2.24, 2.45) is 10.9 Å². The topological polar surface area (TPSA) is 60.4 Å². The molecule has 7 nitrogen and oxygen atoms in total. The van der Waals surface area contributed by atoms with Gasteiger partial charge in [-0.05, 0) is 43.7 Å². The van der Waals surface area contributed by atoms with Gasteiger partial charge in [0.05, 0.1) is 0 Å². The molecule has 3 aliphatic heterocycles.